The molecule has 4 rings (SSSR count). The second-order valence-electron chi connectivity index (χ2n) is 11.1. The maximum atomic E-state index is 13.0. The quantitative estimate of drug-likeness (QED) is 0.0991. The van der Waals surface area contributed by atoms with E-state index in [1.165, 1.54) is 32.1 Å². The van der Waals surface area contributed by atoms with Crippen molar-refractivity contribution >= 4 is 34.8 Å². The maximum Gasteiger partial charge on any atom is 0.416 e. The molecule has 0 radical (unpaired) electrons. The number of nitrogens with two attached hydrogens (primary N) is 2. The third kappa shape index (κ3) is 8.72. The molecule has 232 valence electrons. The van der Waals surface area contributed by atoms with Gasteiger partial charge in [0.2, 0.25) is 0 Å². The molecule has 7 N–H and O–H groups in total. The molecule has 1 fully saturated rings. The second kappa shape index (κ2) is 14.7. The number of halogens is 3. The van der Waals surface area contributed by atoms with E-state index in [1.807, 2.05) is 6.08 Å². The van der Waals surface area contributed by atoms with Gasteiger partial charge in [-0.05, 0) is 56.2 Å². The fourth-order valence-electron chi connectivity index (χ4n) is 5.25. The number of aromatic nitrogens is 2. The Morgan fingerprint density at radius 3 is 2.41 bits per heavy atom. The van der Waals surface area contributed by atoms with E-state index in [1.54, 1.807) is 30.5 Å². The highest BCUT2D eigenvalue weighted by molar-refractivity contribution is 6.17. The fourth-order valence-corrected chi connectivity index (χ4v) is 5.25. The van der Waals surface area contributed by atoms with Crippen molar-refractivity contribution < 1.29 is 13.2 Å². The molecular weight excluding hydrogens is 563 g/mol. The Morgan fingerprint density at radius 2 is 1.70 bits per heavy atom. The summed E-state index contributed by atoms with van der Waals surface area (Å²) in [5.74, 6) is 0.176. The summed E-state index contributed by atoms with van der Waals surface area (Å²) in [5.41, 5.74) is 15.9. The number of allylic oxidation sites excluding steroid dienone is 2. The summed E-state index contributed by atoms with van der Waals surface area (Å²) in [4.78, 5) is 8.21. The van der Waals surface area contributed by atoms with Gasteiger partial charge in [-0.1, -0.05) is 68.8 Å². The summed E-state index contributed by atoms with van der Waals surface area (Å²) in [7, 11) is 0. The number of pyridine rings is 2. The number of nitrogens with one attached hydrogen (secondary N) is 3. The van der Waals surface area contributed by atoms with Crippen LogP contribution in [-0.2, 0) is 6.18 Å². The van der Waals surface area contributed by atoms with E-state index < -0.39 is 11.7 Å². The predicted octanol–water partition coefficient (Wildman–Crippen LogP) is 8.17. The molecular formula is C34H40F3N7. The lowest BCUT2D eigenvalue weighted by Crippen LogP contribution is -2.29. The monoisotopic (exact) mass is 603 g/mol. The van der Waals surface area contributed by atoms with Gasteiger partial charge in [0.15, 0.2) is 0 Å². The van der Waals surface area contributed by atoms with Gasteiger partial charge in [0, 0.05) is 41.0 Å². The van der Waals surface area contributed by atoms with Gasteiger partial charge in [0.05, 0.1) is 22.5 Å². The Bertz CT molecular complexity index is 1500. The van der Waals surface area contributed by atoms with Gasteiger partial charge in [0.25, 0.3) is 0 Å². The van der Waals surface area contributed by atoms with Crippen LogP contribution in [-0.4, -0.2) is 21.7 Å². The number of nitrogen functional groups attached to an aromatic ring is 2. The zero-order valence-corrected chi connectivity index (χ0v) is 24.8. The largest absolute Gasteiger partial charge is 0.416 e. The van der Waals surface area contributed by atoms with Crippen LogP contribution >= 0.6 is 0 Å². The van der Waals surface area contributed by atoms with Crippen LogP contribution in [0.5, 0.6) is 0 Å². The Hall–Kier alpha value is -4.60. The number of benzene rings is 1. The summed E-state index contributed by atoms with van der Waals surface area (Å²) in [6.07, 6.45) is 12.5. The van der Waals surface area contributed by atoms with Crippen molar-refractivity contribution in [1.82, 2.24) is 15.3 Å². The number of nitrogens with zero attached hydrogens (tertiary/aromatic N) is 2. The van der Waals surface area contributed by atoms with Crippen LogP contribution in [0.4, 0.5) is 30.5 Å². The van der Waals surface area contributed by atoms with Crippen LogP contribution in [0, 0.1) is 5.41 Å². The van der Waals surface area contributed by atoms with E-state index in [9.17, 15) is 13.2 Å². The smallest absolute Gasteiger partial charge is 0.398 e. The van der Waals surface area contributed by atoms with E-state index >= 15 is 0 Å². The Morgan fingerprint density at radius 1 is 1.00 bits per heavy atom. The van der Waals surface area contributed by atoms with Gasteiger partial charge in [-0.3, -0.25) is 5.41 Å². The molecule has 0 unspecified atom stereocenters. The Labute approximate surface area is 256 Å². The van der Waals surface area contributed by atoms with Gasteiger partial charge in [-0.25, -0.2) is 9.97 Å². The van der Waals surface area contributed by atoms with Crippen molar-refractivity contribution in [2.24, 2.45) is 0 Å². The van der Waals surface area contributed by atoms with Crippen LogP contribution < -0.4 is 22.1 Å². The summed E-state index contributed by atoms with van der Waals surface area (Å²) in [5, 5.41) is 15.2. The minimum Gasteiger partial charge on any atom is -0.398 e. The Balaban J connectivity index is 1.33. The molecule has 44 heavy (non-hydrogen) atoms. The van der Waals surface area contributed by atoms with E-state index in [2.05, 4.69) is 39.8 Å². The third-order valence-electron chi connectivity index (χ3n) is 7.73. The molecule has 0 spiro atoms. The van der Waals surface area contributed by atoms with Gasteiger partial charge < -0.3 is 22.1 Å². The lowest BCUT2D eigenvalue weighted by atomic mass is 9.95. The van der Waals surface area contributed by atoms with Crippen molar-refractivity contribution in [3.8, 4) is 0 Å². The first-order chi connectivity index (χ1) is 21.0. The molecule has 0 saturated heterocycles. The van der Waals surface area contributed by atoms with Crippen molar-refractivity contribution in [3.05, 3.63) is 102 Å². The van der Waals surface area contributed by atoms with E-state index in [0.29, 0.717) is 39.7 Å². The van der Waals surface area contributed by atoms with Crippen LogP contribution in [0.1, 0.15) is 85.6 Å². The molecule has 1 aromatic carbocycles. The van der Waals surface area contributed by atoms with E-state index in [-0.39, 0.29) is 17.3 Å². The summed E-state index contributed by atoms with van der Waals surface area (Å²) in [6, 6.07) is 9.20. The van der Waals surface area contributed by atoms with Gasteiger partial charge in [0.1, 0.15) is 11.6 Å². The second-order valence-corrected chi connectivity index (χ2v) is 11.1. The summed E-state index contributed by atoms with van der Waals surface area (Å²) >= 11 is 0. The Kier molecular flexibility index (Phi) is 10.8. The molecule has 3 aromatic rings. The van der Waals surface area contributed by atoms with E-state index in [4.69, 9.17) is 16.9 Å². The first kappa shape index (κ1) is 32.3. The molecule has 1 aliphatic rings. The zero-order chi connectivity index (χ0) is 31.7. The van der Waals surface area contributed by atoms with Crippen LogP contribution in [0.25, 0.3) is 11.8 Å². The lowest BCUT2D eigenvalue weighted by Gasteiger charge is -2.24. The lowest BCUT2D eigenvalue weighted by molar-refractivity contribution is -0.137. The van der Waals surface area contributed by atoms with Crippen LogP contribution in [0.3, 0.4) is 0 Å². The molecule has 0 atom stereocenters. The zero-order valence-electron chi connectivity index (χ0n) is 24.8. The first-order valence-electron chi connectivity index (χ1n) is 14.9. The minimum absolute atomic E-state index is 0.0234. The number of hydrogen-bond acceptors (Lipinski definition) is 7. The molecule has 0 aliphatic heterocycles. The van der Waals surface area contributed by atoms with Crippen molar-refractivity contribution in [2.75, 3.05) is 16.8 Å². The van der Waals surface area contributed by atoms with Gasteiger partial charge in [-0.2, -0.15) is 13.2 Å². The third-order valence-corrected chi connectivity index (χ3v) is 7.73. The van der Waals surface area contributed by atoms with E-state index in [0.717, 1.165) is 49.7 Å². The molecule has 10 heteroatoms. The number of rotatable bonds is 13. The summed E-state index contributed by atoms with van der Waals surface area (Å²) < 4.78 is 39.1. The normalized spacial score (nSPS) is 14.0. The molecule has 7 nitrogen and oxygen atoms in total. The standard InChI is InChI=1S/C34H40F3N7/c1-22(43-28-12-8-5-9-13-28)10-6-3-4-7-11-26-21-42-33(40)30(32(26)39)31(38)25-16-14-24(15-17-25)23(2)44-29-20-27(18-19-41-29)34(35,36)37/h7,11,14-21,28,38,43H,1-6,8-10,12-13H2,(H,41,44)(H4,39,40,42)/b11-7+,38-31?. The molecule has 2 heterocycles. The number of anilines is 3. The number of unbranched alkanes of at least 4 members (excludes halogenated alkanes) is 2. The number of alkyl halides is 3. The molecule has 0 bridgehead atoms. The fraction of sp³-hybridized carbons (Fsp3) is 0.324. The maximum absolute atomic E-state index is 13.0. The topological polar surface area (TPSA) is 126 Å². The predicted molar refractivity (Wildman–Crippen MR) is 174 cm³/mol. The van der Waals surface area contributed by atoms with Crippen molar-refractivity contribution in [3.63, 3.8) is 0 Å². The molecule has 0 amide bonds. The number of hydrogen-bond donors (Lipinski definition) is 5. The van der Waals surface area contributed by atoms with Crippen molar-refractivity contribution in [2.45, 2.75) is 70.0 Å². The van der Waals surface area contributed by atoms with Gasteiger partial charge >= 0.3 is 6.18 Å². The minimum atomic E-state index is -4.48. The average molecular weight is 604 g/mol. The SMILES string of the molecule is C=C(CCCC/C=C/c1cnc(N)c(C(=N)c2ccc(C(=C)Nc3cc(C(F)(F)F)ccn3)cc2)c1N)NC1CCCCC1. The molecule has 2 aromatic heterocycles. The highest BCUT2D eigenvalue weighted by Crippen LogP contribution is 2.31. The van der Waals surface area contributed by atoms with Crippen LogP contribution in [0.15, 0.2) is 73.7 Å². The first-order valence-corrected chi connectivity index (χ1v) is 14.9. The summed E-state index contributed by atoms with van der Waals surface area (Å²) in [6.45, 7) is 8.11. The van der Waals surface area contributed by atoms with Gasteiger partial charge in [-0.15, -0.1) is 0 Å². The molecule has 1 aliphatic carbocycles. The highest BCUT2D eigenvalue weighted by Gasteiger charge is 2.30. The molecule has 1 saturated carbocycles. The van der Waals surface area contributed by atoms with Crippen LogP contribution in [0.2, 0.25) is 0 Å². The average Bonchev–Trinajstić information content (AvgIpc) is 3.00. The van der Waals surface area contributed by atoms with Crippen molar-refractivity contribution in [1.29, 1.82) is 5.41 Å². The highest BCUT2D eigenvalue weighted by atomic mass is 19.4.